The molecular formula is C38H32F10O. The summed E-state index contributed by atoms with van der Waals surface area (Å²) < 4.78 is 149. The van der Waals surface area contributed by atoms with Gasteiger partial charge in [-0.2, -0.15) is 8.78 Å². The van der Waals surface area contributed by atoms with Crippen LogP contribution in [0.2, 0.25) is 0 Å². The second-order valence-corrected chi connectivity index (χ2v) is 12.3. The largest absolute Gasteiger partial charge is 0.432 e. The summed E-state index contributed by atoms with van der Waals surface area (Å²) in [5.74, 6) is -10.7. The van der Waals surface area contributed by atoms with Gasteiger partial charge in [-0.05, 0) is 96.7 Å². The van der Waals surface area contributed by atoms with Crippen molar-refractivity contribution in [1.29, 1.82) is 0 Å². The highest BCUT2D eigenvalue weighted by Crippen LogP contribution is 2.41. The lowest BCUT2D eigenvalue weighted by Crippen LogP contribution is -2.25. The number of unbranched alkanes of at least 4 members (excludes halogenated alkanes) is 2. The van der Waals surface area contributed by atoms with Crippen LogP contribution >= 0.6 is 0 Å². The minimum absolute atomic E-state index is 0.147. The Hall–Kier alpha value is -4.28. The van der Waals surface area contributed by atoms with Crippen LogP contribution in [0.3, 0.4) is 0 Å². The van der Waals surface area contributed by atoms with Crippen LogP contribution in [0.1, 0.15) is 80.9 Å². The molecule has 0 aliphatic heterocycles. The molecular weight excluding hydrogens is 662 g/mol. The third-order valence-electron chi connectivity index (χ3n) is 9.05. The molecule has 11 heteroatoms. The highest BCUT2D eigenvalue weighted by atomic mass is 19.3. The zero-order valence-electron chi connectivity index (χ0n) is 26.4. The van der Waals surface area contributed by atoms with Crippen LogP contribution in [0.4, 0.5) is 43.9 Å². The normalized spacial score (nSPS) is 17.0. The topological polar surface area (TPSA) is 9.23 Å². The van der Waals surface area contributed by atoms with E-state index < -0.39 is 81.2 Å². The molecule has 1 nitrogen and oxygen atoms in total. The Bertz CT molecular complexity index is 1800. The molecule has 1 saturated carbocycles. The first kappa shape index (κ1) is 36.0. The lowest BCUT2D eigenvalue weighted by atomic mass is 9.77. The van der Waals surface area contributed by atoms with E-state index >= 15 is 22.0 Å². The van der Waals surface area contributed by atoms with Crippen molar-refractivity contribution in [2.45, 2.75) is 70.3 Å². The van der Waals surface area contributed by atoms with E-state index in [9.17, 15) is 22.0 Å². The second-order valence-electron chi connectivity index (χ2n) is 12.3. The van der Waals surface area contributed by atoms with Crippen LogP contribution in [-0.4, -0.2) is 0 Å². The summed E-state index contributed by atoms with van der Waals surface area (Å²) in [6.07, 6.45) is 3.28. The van der Waals surface area contributed by atoms with Crippen molar-refractivity contribution in [2.75, 3.05) is 0 Å². The zero-order valence-corrected chi connectivity index (χ0v) is 26.4. The van der Waals surface area contributed by atoms with Crippen molar-refractivity contribution in [3.05, 3.63) is 119 Å². The van der Waals surface area contributed by atoms with E-state index in [1.165, 1.54) is 31.4 Å². The summed E-state index contributed by atoms with van der Waals surface area (Å²) >= 11 is 0. The molecule has 1 aliphatic carbocycles. The second kappa shape index (κ2) is 15.1. The fraction of sp³-hybridized carbons (Fsp3) is 0.316. The Morgan fingerprint density at radius 2 is 1.27 bits per heavy atom. The van der Waals surface area contributed by atoms with E-state index in [2.05, 4.69) is 11.7 Å². The lowest BCUT2D eigenvalue weighted by Gasteiger charge is -2.29. The zero-order chi connectivity index (χ0) is 35.5. The summed E-state index contributed by atoms with van der Waals surface area (Å²) in [5, 5.41) is 0. The fourth-order valence-electron chi connectivity index (χ4n) is 6.50. The smallest absolute Gasteiger partial charge is 0.429 e. The molecule has 0 unspecified atom stereocenters. The van der Waals surface area contributed by atoms with Gasteiger partial charge in [0.2, 0.25) is 0 Å². The molecule has 0 amide bonds. The Morgan fingerprint density at radius 1 is 0.714 bits per heavy atom. The summed E-state index contributed by atoms with van der Waals surface area (Å²) in [7, 11) is 0. The molecule has 4 aromatic carbocycles. The summed E-state index contributed by atoms with van der Waals surface area (Å²) in [4.78, 5) is 0. The van der Waals surface area contributed by atoms with Crippen LogP contribution in [0, 0.1) is 40.8 Å². The van der Waals surface area contributed by atoms with E-state index in [0.717, 1.165) is 49.8 Å². The molecule has 0 saturated heterocycles. The predicted octanol–water partition coefficient (Wildman–Crippen LogP) is 13.1. The highest BCUT2D eigenvalue weighted by Gasteiger charge is 2.41. The van der Waals surface area contributed by atoms with Gasteiger partial charge < -0.3 is 4.74 Å². The van der Waals surface area contributed by atoms with E-state index in [4.69, 9.17) is 0 Å². The van der Waals surface area contributed by atoms with E-state index in [1.807, 2.05) is 0 Å². The monoisotopic (exact) mass is 694 g/mol. The lowest BCUT2D eigenvalue weighted by molar-refractivity contribution is -0.189. The molecule has 49 heavy (non-hydrogen) atoms. The number of alkyl halides is 2. The molecule has 1 aliphatic rings. The molecule has 0 N–H and O–H groups in total. The van der Waals surface area contributed by atoms with Gasteiger partial charge in [0.15, 0.2) is 5.83 Å². The van der Waals surface area contributed by atoms with Crippen LogP contribution in [0.25, 0.3) is 28.1 Å². The molecule has 0 spiro atoms. The van der Waals surface area contributed by atoms with Gasteiger partial charge in [-0.25, -0.2) is 35.1 Å². The molecule has 0 radical (unpaired) electrons. The minimum atomic E-state index is -4.69. The van der Waals surface area contributed by atoms with Gasteiger partial charge in [-0.1, -0.05) is 44.7 Å². The van der Waals surface area contributed by atoms with Gasteiger partial charge >= 0.3 is 6.11 Å². The van der Waals surface area contributed by atoms with E-state index in [-0.39, 0.29) is 17.0 Å². The third kappa shape index (κ3) is 7.97. The predicted molar refractivity (Wildman–Crippen MR) is 167 cm³/mol. The summed E-state index contributed by atoms with van der Waals surface area (Å²) in [6.45, 7) is 2.16. The van der Waals surface area contributed by atoms with Crippen LogP contribution in [0.15, 0.2) is 67.0 Å². The van der Waals surface area contributed by atoms with Crippen molar-refractivity contribution in [1.82, 2.24) is 0 Å². The number of halogens is 10. The molecule has 1 fully saturated rings. The summed E-state index contributed by atoms with van der Waals surface area (Å²) in [6, 6.07) is 8.37. The fourth-order valence-corrected chi connectivity index (χ4v) is 6.50. The maximum atomic E-state index is 15.2. The third-order valence-corrected chi connectivity index (χ3v) is 9.05. The molecule has 5 rings (SSSR count). The van der Waals surface area contributed by atoms with Crippen molar-refractivity contribution in [2.24, 2.45) is 5.92 Å². The molecule has 0 atom stereocenters. The molecule has 4 aromatic rings. The Balaban J connectivity index is 1.32. The summed E-state index contributed by atoms with van der Waals surface area (Å²) in [5.41, 5.74) is -3.90. The van der Waals surface area contributed by atoms with Gasteiger partial charge in [0, 0.05) is 17.2 Å². The highest BCUT2D eigenvalue weighted by molar-refractivity contribution is 5.70. The van der Waals surface area contributed by atoms with Gasteiger partial charge in [0.25, 0.3) is 0 Å². The number of benzene rings is 4. The molecule has 0 heterocycles. The van der Waals surface area contributed by atoms with E-state index in [0.29, 0.717) is 36.2 Å². The first-order valence-corrected chi connectivity index (χ1v) is 15.9. The average Bonchev–Trinajstić information content (AvgIpc) is 3.04. The number of rotatable bonds is 11. The molecule has 260 valence electrons. The number of ether oxygens (including phenoxy) is 1. The maximum Gasteiger partial charge on any atom is 0.432 e. The van der Waals surface area contributed by atoms with Gasteiger partial charge in [0.1, 0.15) is 52.5 Å². The molecule has 0 bridgehead atoms. The van der Waals surface area contributed by atoms with Crippen molar-refractivity contribution in [3.63, 3.8) is 0 Å². The first-order chi connectivity index (χ1) is 23.3. The Labute approximate surface area is 277 Å². The SMILES string of the molecule is CCCCCC1CCC(c2ccc(-c3cc(F)c(C(F)(F)Oc4ccc(-c5cc(F)c(C(F)=CF)c(F)c5)c(F)c4)c(F)c3)c(F)c2)CC1. The van der Waals surface area contributed by atoms with Gasteiger partial charge in [0.05, 0.1) is 5.56 Å². The molecule has 0 aromatic heterocycles. The maximum absolute atomic E-state index is 15.2. The van der Waals surface area contributed by atoms with Crippen LogP contribution < -0.4 is 4.74 Å². The number of hydrogen-bond acceptors (Lipinski definition) is 1. The van der Waals surface area contributed by atoms with Crippen LogP contribution in [0.5, 0.6) is 5.75 Å². The van der Waals surface area contributed by atoms with Crippen LogP contribution in [-0.2, 0) is 6.11 Å². The Kier molecular flexibility index (Phi) is 11.1. The van der Waals surface area contributed by atoms with Crippen molar-refractivity contribution >= 4 is 5.83 Å². The van der Waals surface area contributed by atoms with Crippen molar-refractivity contribution in [3.8, 4) is 28.0 Å². The minimum Gasteiger partial charge on any atom is -0.429 e. The average molecular weight is 695 g/mol. The van der Waals surface area contributed by atoms with E-state index in [1.54, 1.807) is 6.07 Å². The van der Waals surface area contributed by atoms with Crippen molar-refractivity contribution < 1.29 is 48.6 Å². The number of hydrogen-bond donors (Lipinski definition) is 0. The van der Waals surface area contributed by atoms with Gasteiger partial charge in [-0.15, -0.1) is 0 Å². The first-order valence-electron chi connectivity index (χ1n) is 15.9. The Morgan fingerprint density at radius 3 is 1.80 bits per heavy atom. The standard InChI is InChI=1S/C38H32F10O/c1-2-3-4-5-21-6-8-22(9-7-21)23-10-12-27(29(40)14-23)25-17-33(44)37(34(45)18-25)38(47,48)49-26-11-13-28(30(41)19-26)24-15-31(42)36(32(43)16-24)35(46)20-39/h10-22H,2-9H2,1H3. The van der Waals surface area contributed by atoms with Gasteiger partial charge in [-0.3, -0.25) is 0 Å². The quantitative estimate of drug-likeness (QED) is 0.112.